The number of pyridine rings is 1. The van der Waals surface area contributed by atoms with Crippen molar-refractivity contribution in [3.05, 3.63) is 24.4 Å². The zero-order valence-electron chi connectivity index (χ0n) is 13.1. The molecule has 1 spiro atoms. The third-order valence-electron chi connectivity index (χ3n) is 5.29. The van der Waals surface area contributed by atoms with Gasteiger partial charge in [0, 0.05) is 18.7 Å². The fraction of sp³-hybridized carbons (Fsp3) is 0.500. The molecule has 6 heterocycles. The molecule has 0 saturated carbocycles. The maximum Gasteiger partial charge on any atom is 0.416 e. The van der Waals surface area contributed by atoms with Gasteiger partial charge in [-0.1, -0.05) is 17.4 Å². The Labute approximate surface area is 143 Å². The van der Waals surface area contributed by atoms with Crippen LogP contribution in [0.4, 0.5) is 9.93 Å². The molecule has 8 heteroatoms. The van der Waals surface area contributed by atoms with Gasteiger partial charge in [-0.05, 0) is 38.1 Å². The Hall–Kier alpha value is -2.06. The summed E-state index contributed by atoms with van der Waals surface area (Å²) in [6.07, 6.45) is 3.64. The lowest BCUT2D eigenvalue weighted by Gasteiger charge is -2.49. The summed E-state index contributed by atoms with van der Waals surface area (Å²) in [5.41, 5.74) is 0.399. The molecule has 124 valence electrons. The fourth-order valence-electron chi connectivity index (χ4n) is 4.08. The molecule has 4 aliphatic heterocycles. The van der Waals surface area contributed by atoms with Gasteiger partial charge in [-0.25, -0.2) is 9.69 Å². The first-order chi connectivity index (χ1) is 11.7. The molecule has 2 bridgehead atoms. The van der Waals surface area contributed by atoms with E-state index in [1.54, 1.807) is 11.1 Å². The Morgan fingerprint density at radius 2 is 2.08 bits per heavy atom. The monoisotopic (exact) mass is 343 g/mol. The first kappa shape index (κ1) is 14.3. The molecule has 2 aromatic rings. The van der Waals surface area contributed by atoms with Crippen molar-refractivity contribution in [3.63, 3.8) is 0 Å². The number of amides is 1. The van der Waals surface area contributed by atoms with Crippen molar-refractivity contribution < 1.29 is 9.53 Å². The minimum Gasteiger partial charge on any atom is -0.439 e. The summed E-state index contributed by atoms with van der Waals surface area (Å²) < 4.78 is 5.87. The van der Waals surface area contributed by atoms with Crippen LogP contribution in [-0.4, -0.2) is 58.0 Å². The highest BCUT2D eigenvalue weighted by molar-refractivity contribution is 7.18. The minimum absolute atomic E-state index is 0.299. The van der Waals surface area contributed by atoms with Crippen LogP contribution in [0.15, 0.2) is 24.4 Å². The van der Waals surface area contributed by atoms with Crippen molar-refractivity contribution in [2.45, 2.75) is 18.4 Å². The van der Waals surface area contributed by atoms with Crippen LogP contribution >= 0.6 is 11.3 Å². The van der Waals surface area contributed by atoms with Crippen LogP contribution in [0.2, 0.25) is 0 Å². The molecule has 4 saturated heterocycles. The van der Waals surface area contributed by atoms with Crippen LogP contribution in [0.1, 0.15) is 12.8 Å². The van der Waals surface area contributed by atoms with Crippen LogP contribution in [-0.2, 0) is 4.74 Å². The average Bonchev–Trinajstić information content (AvgIpc) is 3.22. The Morgan fingerprint density at radius 3 is 2.79 bits per heavy atom. The molecule has 0 aliphatic carbocycles. The maximum absolute atomic E-state index is 12.5. The van der Waals surface area contributed by atoms with Crippen LogP contribution in [0, 0.1) is 5.92 Å². The lowest BCUT2D eigenvalue weighted by Crippen LogP contribution is -2.61. The van der Waals surface area contributed by atoms with Crippen LogP contribution in [0.25, 0.3) is 10.7 Å². The molecule has 1 amide bonds. The van der Waals surface area contributed by atoms with Crippen molar-refractivity contribution in [1.82, 2.24) is 20.1 Å². The van der Waals surface area contributed by atoms with Gasteiger partial charge in [0.1, 0.15) is 11.3 Å². The summed E-state index contributed by atoms with van der Waals surface area (Å²) in [7, 11) is 0. The van der Waals surface area contributed by atoms with E-state index in [1.807, 2.05) is 18.2 Å². The van der Waals surface area contributed by atoms with Crippen LogP contribution in [0.3, 0.4) is 0 Å². The summed E-state index contributed by atoms with van der Waals surface area (Å²) in [6, 6.07) is 5.66. The summed E-state index contributed by atoms with van der Waals surface area (Å²) in [4.78, 5) is 20.8. The van der Waals surface area contributed by atoms with E-state index in [0.29, 0.717) is 22.6 Å². The molecule has 7 nitrogen and oxygen atoms in total. The first-order valence-electron chi connectivity index (χ1n) is 8.21. The molecule has 0 unspecified atom stereocenters. The van der Waals surface area contributed by atoms with Gasteiger partial charge in [0.05, 0.1) is 6.54 Å². The molecule has 0 N–H and O–H groups in total. The van der Waals surface area contributed by atoms with Gasteiger partial charge in [-0.2, -0.15) is 0 Å². The summed E-state index contributed by atoms with van der Waals surface area (Å²) in [5, 5.41) is 9.71. The maximum atomic E-state index is 12.5. The Kier molecular flexibility index (Phi) is 3.11. The molecule has 0 radical (unpaired) electrons. The molecular formula is C16H17N5O2S. The van der Waals surface area contributed by atoms with Crippen LogP contribution in [0.5, 0.6) is 0 Å². The van der Waals surface area contributed by atoms with Crippen molar-refractivity contribution >= 4 is 22.6 Å². The van der Waals surface area contributed by atoms with Crippen molar-refractivity contribution in [3.8, 4) is 10.7 Å². The number of fused-ring (bicyclic) bond motifs is 2. The molecule has 0 aromatic carbocycles. The van der Waals surface area contributed by atoms with Gasteiger partial charge in [0.25, 0.3) is 0 Å². The van der Waals surface area contributed by atoms with Gasteiger partial charge in [-0.3, -0.25) is 9.88 Å². The van der Waals surface area contributed by atoms with E-state index in [-0.39, 0.29) is 11.7 Å². The van der Waals surface area contributed by atoms with Gasteiger partial charge >= 0.3 is 6.09 Å². The fourth-order valence-corrected chi connectivity index (χ4v) is 4.89. The highest BCUT2D eigenvalue weighted by Gasteiger charge is 2.56. The first-order valence-corrected chi connectivity index (χ1v) is 9.03. The Morgan fingerprint density at radius 1 is 1.21 bits per heavy atom. The van der Waals surface area contributed by atoms with E-state index in [2.05, 4.69) is 20.1 Å². The lowest BCUT2D eigenvalue weighted by molar-refractivity contribution is -0.0881. The topological polar surface area (TPSA) is 71.5 Å². The number of hydrogen-bond acceptors (Lipinski definition) is 7. The summed E-state index contributed by atoms with van der Waals surface area (Å²) in [6.45, 7) is 3.65. The lowest BCUT2D eigenvalue weighted by atomic mass is 9.75. The number of carbonyl (C=O) groups excluding carboxylic acids is 1. The Bertz CT molecular complexity index is 774. The molecule has 1 atom stereocenters. The van der Waals surface area contributed by atoms with E-state index in [0.717, 1.165) is 38.2 Å². The smallest absolute Gasteiger partial charge is 0.416 e. The highest BCUT2D eigenvalue weighted by atomic mass is 32.1. The second kappa shape index (κ2) is 5.22. The molecule has 4 fully saturated rings. The van der Waals surface area contributed by atoms with Gasteiger partial charge in [0.15, 0.2) is 5.01 Å². The van der Waals surface area contributed by atoms with Crippen molar-refractivity contribution in [1.29, 1.82) is 0 Å². The van der Waals surface area contributed by atoms with Gasteiger partial charge in [-0.15, -0.1) is 10.2 Å². The number of anilines is 1. The molecular weight excluding hydrogens is 326 g/mol. The number of carbonyl (C=O) groups is 1. The number of aromatic nitrogens is 3. The van der Waals surface area contributed by atoms with Crippen molar-refractivity contribution in [2.75, 3.05) is 31.1 Å². The Balaban J connectivity index is 1.42. The average molecular weight is 343 g/mol. The van der Waals surface area contributed by atoms with E-state index in [1.165, 1.54) is 11.3 Å². The molecule has 6 rings (SSSR count). The van der Waals surface area contributed by atoms with E-state index in [9.17, 15) is 4.79 Å². The second-order valence-electron chi connectivity index (χ2n) is 6.67. The minimum atomic E-state index is -0.371. The highest BCUT2D eigenvalue weighted by Crippen LogP contribution is 2.43. The zero-order valence-corrected chi connectivity index (χ0v) is 13.9. The third kappa shape index (κ3) is 2.13. The molecule has 24 heavy (non-hydrogen) atoms. The predicted molar refractivity (Wildman–Crippen MR) is 88.9 cm³/mol. The third-order valence-corrected chi connectivity index (χ3v) is 6.26. The predicted octanol–water partition coefficient (Wildman–Crippen LogP) is 2.02. The second-order valence-corrected chi connectivity index (χ2v) is 7.63. The number of ether oxygens (including phenoxy) is 1. The molecule has 4 aliphatic rings. The van der Waals surface area contributed by atoms with Crippen LogP contribution < -0.4 is 4.90 Å². The quantitative estimate of drug-likeness (QED) is 0.831. The number of piperidine rings is 3. The van der Waals surface area contributed by atoms with E-state index in [4.69, 9.17) is 4.74 Å². The number of nitrogens with zero attached hydrogens (tertiary/aromatic N) is 5. The zero-order chi connectivity index (χ0) is 16.1. The normalized spacial score (nSPS) is 31.7. The van der Waals surface area contributed by atoms with Crippen molar-refractivity contribution in [2.24, 2.45) is 5.92 Å². The van der Waals surface area contributed by atoms with Gasteiger partial charge in [0.2, 0.25) is 5.13 Å². The number of hydrogen-bond donors (Lipinski definition) is 0. The molecule has 2 aromatic heterocycles. The summed E-state index contributed by atoms with van der Waals surface area (Å²) >= 11 is 1.38. The SMILES string of the molecule is O=C1O[C@]2(CN3CCC2CC3)CN1c1nnc(-c2ccccn2)s1. The van der Waals surface area contributed by atoms with E-state index < -0.39 is 0 Å². The largest absolute Gasteiger partial charge is 0.439 e. The number of rotatable bonds is 2. The van der Waals surface area contributed by atoms with Gasteiger partial charge < -0.3 is 4.74 Å². The standard InChI is InChI=1S/C16H17N5O2S/c22-15-21(10-16(23-15)9-20-7-4-11(16)5-8-20)14-19-18-13(24-14)12-3-1-2-6-17-12/h1-3,6,11H,4-5,7-10H2/t16-/m1/s1. The summed E-state index contributed by atoms with van der Waals surface area (Å²) in [5.74, 6) is 0.458. The van der Waals surface area contributed by atoms with E-state index >= 15 is 0 Å².